The summed E-state index contributed by atoms with van der Waals surface area (Å²) in [7, 11) is 1.33. The lowest BCUT2D eigenvalue weighted by molar-refractivity contribution is -0.149. The third kappa shape index (κ3) is 4.39. The molecule has 0 aromatic heterocycles. The van der Waals surface area contributed by atoms with Gasteiger partial charge in [0.15, 0.2) is 6.10 Å². The number of ether oxygens (including phenoxy) is 2. The quantitative estimate of drug-likeness (QED) is 0.770. The Bertz CT molecular complexity index is 419. The Morgan fingerprint density at radius 1 is 1.33 bits per heavy atom. The molecule has 0 radical (unpaired) electrons. The van der Waals surface area contributed by atoms with E-state index < -0.39 is 12.1 Å². The van der Waals surface area contributed by atoms with Crippen LogP contribution in [0.4, 0.5) is 0 Å². The van der Waals surface area contributed by atoms with Crippen molar-refractivity contribution >= 4 is 29.2 Å². The van der Waals surface area contributed by atoms with Gasteiger partial charge in [-0.05, 0) is 24.5 Å². The molecule has 0 aliphatic carbocycles. The number of rotatable bonds is 5. The second-order valence-corrected chi connectivity index (χ2v) is 5.18. The maximum atomic E-state index is 11.6. The summed E-state index contributed by atoms with van der Waals surface area (Å²) in [5.41, 5.74) is 0. The standard InChI is InChI=1S/C13H16Cl2O3/c1-8(2)6-12(13(16)17-3)18-11-7-9(14)4-5-10(11)15/h4-5,7-8,12H,6H2,1-3H3/t12-/m1/s1. The van der Waals surface area contributed by atoms with Gasteiger partial charge in [0.1, 0.15) is 5.75 Å². The van der Waals surface area contributed by atoms with Crippen molar-refractivity contribution in [3.05, 3.63) is 28.2 Å². The highest BCUT2D eigenvalue weighted by molar-refractivity contribution is 6.34. The van der Waals surface area contributed by atoms with Crippen molar-refractivity contribution in [2.45, 2.75) is 26.4 Å². The van der Waals surface area contributed by atoms with Crippen LogP contribution in [0.1, 0.15) is 20.3 Å². The molecule has 0 aliphatic rings. The number of halogens is 2. The summed E-state index contributed by atoms with van der Waals surface area (Å²) in [5.74, 6) is 0.270. The van der Waals surface area contributed by atoms with Crippen LogP contribution >= 0.6 is 23.2 Å². The average Bonchev–Trinajstić information content (AvgIpc) is 2.31. The molecule has 1 rings (SSSR count). The molecule has 0 spiro atoms. The molecule has 100 valence electrons. The topological polar surface area (TPSA) is 35.5 Å². The molecule has 0 N–H and O–H groups in total. The van der Waals surface area contributed by atoms with E-state index in [-0.39, 0.29) is 0 Å². The molecule has 0 fully saturated rings. The summed E-state index contributed by atoms with van der Waals surface area (Å²) >= 11 is 11.9. The van der Waals surface area contributed by atoms with Gasteiger partial charge in [0.05, 0.1) is 12.1 Å². The van der Waals surface area contributed by atoms with Crippen molar-refractivity contribution in [1.29, 1.82) is 0 Å². The lowest BCUT2D eigenvalue weighted by Gasteiger charge is -2.19. The van der Waals surface area contributed by atoms with Crippen LogP contribution in [-0.4, -0.2) is 19.2 Å². The Balaban J connectivity index is 2.88. The van der Waals surface area contributed by atoms with Crippen LogP contribution in [0.3, 0.4) is 0 Å². The normalized spacial score (nSPS) is 12.3. The van der Waals surface area contributed by atoms with Gasteiger partial charge in [-0.15, -0.1) is 0 Å². The van der Waals surface area contributed by atoms with Crippen LogP contribution in [-0.2, 0) is 9.53 Å². The maximum Gasteiger partial charge on any atom is 0.347 e. The van der Waals surface area contributed by atoms with Crippen LogP contribution in [0.15, 0.2) is 18.2 Å². The Labute approximate surface area is 117 Å². The van der Waals surface area contributed by atoms with E-state index in [0.717, 1.165) is 0 Å². The number of carbonyl (C=O) groups is 1. The largest absolute Gasteiger partial charge is 0.477 e. The van der Waals surface area contributed by atoms with Gasteiger partial charge in [-0.2, -0.15) is 0 Å². The predicted molar refractivity (Wildman–Crippen MR) is 72.3 cm³/mol. The summed E-state index contributed by atoms with van der Waals surface area (Å²) in [6, 6.07) is 4.87. The highest BCUT2D eigenvalue weighted by Crippen LogP contribution is 2.29. The molecule has 3 nitrogen and oxygen atoms in total. The monoisotopic (exact) mass is 290 g/mol. The molecule has 1 aromatic rings. The van der Waals surface area contributed by atoms with Crippen molar-refractivity contribution in [1.82, 2.24) is 0 Å². The molecule has 1 atom stereocenters. The second-order valence-electron chi connectivity index (χ2n) is 4.33. The van der Waals surface area contributed by atoms with Crippen molar-refractivity contribution in [3.63, 3.8) is 0 Å². The zero-order valence-electron chi connectivity index (χ0n) is 10.6. The Kier molecular flexibility index (Phi) is 5.76. The molecule has 0 unspecified atom stereocenters. The van der Waals surface area contributed by atoms with Gasteiger partial charge in [0, 0.05) is 11.1 Å². The molecule has 0 amide bonds. The minimum absolute atomic E-state index is 0.298. The average molecular weight is 291 g/mol. The summed E-state index contributed by atoms with van der Waals surface area (Å²) < 4.78 is 10.3. The fourth-order valence-corrected chi connectivity index (χ4v) is 1.80. The number of methoxy groups -OCH3 is 1. The van der Waals surface area contributed by atoms with Crippen molar-refractivity contribution in [2.24, 2.45) is 5.92 Å². The molecule has 0 aliphatic heterocycles. The summed E-state index contributed by atoms with van der Waals surface area (Å²) in [5, 5.41) is 0.916. The fourth-order valence-electron chi connectivity index (χ4n) is 1.47. The zero-order valence-corrected chi connectivity index (χ0v) is 12.1. The number of esters is 1. The van der Waals surface area contributed by atoms with E-state index in [1.807, 2.05) is 13.8 Å². The third-order valence-corrected chi connectivity index (χ3v) is 2.86. The molecular formula is C13H16Cl2O3. The zero-order chi connectivity index (χ0) is 13.7. The van der Waals surface area contributed by atoms with Gasteiger partial charge in [0.2, 0.25) is 0 Å². The summed E-state index contributed by atoms with van der Waals surface area (Å²) in [6.07, 6.45) is -0.124. The van der Waals surface area contributed by atoms with Gasteiger partial charge in [-0.1, -0.05) is 37.0 Å². The van der Waals surface area contributed by atoms with E-state index >= 15 is 0 Å². The van der Waals surface area contributed by atoms with E-state index in [0.29, 0.717) is 28.1 Å². The molecular weight excluding hydrogens is 275 g/mol. The maximum absolute atomic E-state index is 11.6. The highest BCUT2D eigenvalue weighted by Gasteiger charge is 2.23. The van der Waals surface area contributed by atoms with E-state index in [1.165, 1.54) is 7.11 Å². The number of carbonyl (C=O) groups excluding carboxylic acids is 1. The summed E-state index contributed by atoms with van der Waals surface area (Å²) in [4.78, 5) is 11.6. The SMILES string of the molecule is COC(=O)[C@@H](CC(C)C)Oc1cc(Cl)ccc1Cl. The smallest absolute Gasteiger partial charge is 0.347 e. The minimum Gasteiger partial charge on any atom is -0.477 e. The number of benzene rings is 1. The first-order valence-corrected chi connectivity index (χ1v) is 6.39. The van der Waals surface area contributed by atoms with Crippen LogP contribution in [0.2, 0.25) is 10.0 Å². The first-order valence-electron chi connectivity index (χ1n) is 5.63. The van der Waals surface area contributed by atoms with Gasteiger partial charge < -0.3 is 9.47 Å². The number of hydrogen-bond donors (Lipinski definition) is 0. The highest BCUT2D eigenvalue weighted by atomic mass is 35.5. The van der Waals surface area contributed by atoms with E-state index in [9.17, 15) is 4.79 Å². The molecule has 5 heteroatoms. The van der Waals surface area contributed by atoms with Crippen molar-refractivity contribution < 1.29 is 14.3 Å². The molecule has 0 heterocycles. The Hall–Kier alpha value is -0.930. The van der Waals surface area contributed by atoms with Crippen molar-refractivity contribution in [3.8, 4) is 5.75 Å². The third-order valence-electron chi connectivity index (χ3n) is 2.31. The molecule has 0 bridgehead atoms. The second kappa shape index (κ2) is 6.86. The van der Waals surface area contributed by atoms with E-state index in [1.54, 1.807) is 18.2 Å². The first kappa shape index (κ1) is 15.1. The molecule has 0 saturated heterocycles. The lowest BCUT2D eigenvalue weighted by Crippen LogP contribution is -2.30. The van der Waals surface area contributed by atoms with Gasteiger partial charge in [0.25, 0.3) is 0 Å². The van der Waals surface area contributed by atoms with Crippen LogP contribution in [0.25, 0.3) is 0 Å². The van der Waals surface area contributed by atoms with Crippen LogP contribution in [0, 0.1) is 5.92 Å². The minimum atomic E-state index is -0.675. The molecule has 0 saturated carbocycles. The lowest BCUT2D eigenvalue weighted by atomic mass is 10.1. The van der Waals surface area contributed by atoms with E-state index in [2.05, 4.69) is 0 Å². The van der Waals surface area contributed by atoms with Gasteiger partial charge in [-0.25, -0.2) is 4.79 Å². The van der Waals surface area contributed by atoms with Crippen molar-refractivity contribution in [2.75, 3.05) is 7.11 Å². The first-order chi connectivity index (χ1) is 8.43. The van der Waals surface area contributed by atoms with E-state index in [4.69, 9.17) is 32.7 Å². The van der Waals surface area contributed by atoms with Crippen LogP contribution < -0.4 is 4.74 Å². The van der Waals surface area contributed by atoms with Gasteiger partial charge in [-0.3, -0.25) is 0 Å². The molecule has 1 aromatic carbocycles. The van der Waals surface area contributed by atoms with Gasteiger partial charge >= 0.3 is 5.97 Å². The Morgan fingerprint density at radius 3 is 2.56 bits per heavy atom. The Morgan fingerprint density at radius 2 is 2.00 bits per heavy atom. The predicted octanol–water partition coefficient (Wildman–Crippen LogP) is 3.96. The van der Waals surface area contributed by atoms with Crippen LogP contribution in [0.5, 0.6) is 5.75 Å². The number of hydrogen-bond acceptors (Lipinski definition) is 3. The summed E-state index contributed by atoms with van der Waals surface area (Å²) in [6.45, 7) is 4.00. The fraction of sp³-hybridized carbons (Fsp3) is 0.462. The molecule has 18 heavy (non-hydrogen) atoms.